The minimum atomic E-state index is 0.692. The molecule has 1 atom stereocenters. The fraction of sp³-hybridized carbons (Fsp3) is 0.583. The van der Waals surface area contributed by atoms with E-state index >= 15 is 0 Å². The molecular formula is C12H19N3. The predicted molar refractivity (Wildman–Crippen MR) is 61.6 cm³/mol. The molecule has 82 valence electrons. The summed E-state index contributed by atoms with van der Waals surface area (Å²) >= 11 is 0. The summed E-state index contributed by atoms with van der Waals surface area (Å²) in [6, 6.07) is 6.82. The van der Waals surface area contributed by atoms with E-state index in [9.17, 15) is 0 Å². The van der Waals surface area contributed by atoms with Gasteiger partial charge in [-0.1, -0.05) is 13.0 Å². The van der Waals surface area contributed by atoms with Crippen LogP contribution >= 0.6 is 0 Å². The van der Waals surface area contributed by atoms with Gasteiger partial charge in [-0.05, 0) is 31.6 Å². The lowest BCUT2D eigenvalue weighted by Crippen LogP contribution is -2.36. The molecule has 0 bridgehead atoms. The molecule has 1 N–H and O–H groups in total. The molecule has 1 aromatic rings. The summed E-state index contributed by atoms with van der Waals surface area (Å²) in [6.45, 7) is 6.58. The van der Waals surface area contributed by atoms with Gasteiger partial charge in [-0.15, -0.1) is 0 Å². The summed E-state index contributed by atoms with van der Waals surface area (Å²) in [7, 11) is 0. The lowest BCUT2D eigenvalue weighted by Gasteiger charge is -2.26. The van der Waals surface area contributed by atoms with Crippen LogP contribution in [-0.2, 0) is 6.54 Å². The number of hydrogen-bond donors (Lipinski definition) is 1. The van der Waals surface area contributed by atoms with E-state index in [1.165, 1.54) is 12.1 Å². The molecule has 0 spiro atoms. The maximum Gasteiger partial charge on any atom is 0.0544 e. The van der Waals surface area contributed by atoms with E-state index in [1.807, 2.05) is 12.3 Å². The molecule has 1 aliphatic rings. The van der Waals surface area contributed by atoms with Crippen LogP contribution in [0.15, 0.2) is 24.4 Å². The fourth-order valence-electron chi connectivity index (χ4n) is 2.15. The average molecular weight is 205 g/mol. The van der Waals surface area contributed by atoms with Crippen molar-refractivity contribution in [3.63, 3.8) is 0 Å². The van der Waals surface area contributed by atoms with Crippen molar-refractivity contribution < 1.29 is 0 Å². The van der Waals surface area contributed by atoms with Gasteiger partial charge in [0.25, 0.3) is 0 Å². The second kappa shape index (κ2) is 5.24. The van der Waals surface area contributed by atoms with Crippen LogP contribution in [0.25, 0.3) is 0 Å². The SMILES string of the molecule is CCN(Cc1ccccn1)C1CCNC1. The Labute approximate surface area is 91.5 Å². The van der Waals surface area contributed by atoms with Crippen LogP contribution in [0, 0.1) is 0 Å². The molecule has 1 fully saturated rings. The number of rotatable bonds is 4. The molecule has 1 unspecified atom stereocenters. The van der Waals surface area contributed by atoms with Gasteiger partial charge in [-0.25, -0.2) is 0 Å². The summed E-state index contributed by atoms with van der Waals surface area (Å²) < 4.78 is 0. The van der Waals surface area contributed by atoms with Gasteiger partial charge in [0.05, 0.1) is 5.69 Å². The number of hydrogen-bond acceptors (Lipinski definition) is 3. The van der Waals surface area contributed by atoms with Gasteiger partial charge in [-0.2, -0.15) is 0 Å². The fourth-order valence-corrected chi connectivity index (χ4v) is 2.15. The van der Waals surface area contributed by atoms with Gasteiger partial charge in [-0.3, -0.25) is 9.88 Å². The molecule has 15 heavy (non-hydrogen) atoms. The van der Waals surface area contributed by atoms with Gasteiger partial charge in [0.2, 0.25) is 0 Å². The quantitative estimate of drug-likeness (QED) is 0.802. The Morgan fingerprint density at radius 2 is 2.47 bits per heavy atom. The summed E-state index contributed by atoms with van der Waals surface area (Å²) in [5, 5.41) is 3.41. The number of nitrogens with zero attached hydrogens (tertiary/aromatic N) is 2. The van der Waals surface area contributed by atoms with Crippen molar-refractivity contribution in [1.29, 1.82) is 0 Å². The molecule has 3 heteroatoms. The van der Waals surface area contributed by atoms with Gasteiger partial charge in [0.15, 0.2) is 0 Å². The Hall–Kier alpha value is -0.930. The first-order chi connectivity index (χ1) is 7.40. The van der Waals surface area contributed by atoms with Gasteiger partial charge in [0.1, 0.15) is 0 Å². The molecule has 0 saturated carbocycles. The van der Waals surface area contributed by atoms with E-state index in [1.54, 1.807) is 0 Å². The molecule has 0 amide bonds. The van der Waals surface area contributed by atoms with Crippen LogP contribution in [0.3, 0.4) is 0 Å². The molecule has 0 aromatic carbocycles. The normalized spacial score (nSPS) is 21.1. The maximum absolute atomic E-state index is 4.38. The van der Waals surface area contributed by atoms with E-state index in [-0.39, 0.29) is 0 Å². The van der Waals surface area contributed by atoms with Crippen LogP contribution in [-0.4, -0.2) is 35.6 Å². The molecule has 2 heterocycles. The highest BCUT2D eigenvalue weighted by Gasteiger charge is 2.20. The molecular weight excluding hydrogens is 186 g/mol. The lowest BCUT2D eigenvalue weighted by molar-refractivity contribution is 0.208. The standard InChI is InChI=1S/C12H19N3/c1-2-15(12-6-8-13-9-12)10-11-5-3-4-7-14-11/h3-5,7,12-13H,2,6,8-10H2,1H3. The third-order valence-corrected chi connectivity index (χ3v) is 3.05. The monoisotopic (exact) mass is 205 g/mol. The van der Waals surface area contributed by atoms with Crippen molar-refractivity contribution in [2.24, 2.45) is 0 Å². The number of pyridine rings is 1. The summed E-state index contributed by atoms with van der Waals surface area (Å²) in [4.78, 5) is 6.88. The molecule has 2 rings (SSSR count). The van der Waals surface area contributed by atoms with Crippen LogP contribution in [0.2, 0.25) is 0 Å². The van der Waals surface area contributed by atoms with Crippen molar-refractivity contribution in [2.75, 3.05) is 19.6 Å². The Bertz CT molecular complexity index is 280. The topological polar surface area (TPSA) is 28.2 Å². The number of aromatic nitrogens is 1. The Kier molecular flexibility index (Phi) is 3.69. The van der Waals surface area contributed by atoms with Crippen LogP contribution < -0.4 is 5.32 Å². The maximum atomic E-state index is 4.38. The Morgan fingerprint density at radius 3 is 3.07 bits per heavy atom. The van der Waals surface area contributed by atoms with Crippen LogP contribution in [0.1, 0.15) is 19.0 Å². The average Bonchev–Trinajstić information content (AvgIpc) is 2.81. The second-order valence-corrected chi connectivity index (χ2v) is 4.03. The Balaban J connectivity index is 1.96. The van der Waals surface area contributed by atoms with Gasteiger partial charge < -0.3 is 5.32 Å². The Morgan fingerprint density at radius 1 is 1.53 bits per heavy atom. The first kappa shape index (κ1) is 10.6. The minimum absolute atomic E-state index is 0.692. The van der Waals surface area contributed by atoms with Crippen LogP contribution in [0.5, 0.6) is 0 Å². The van der Waals surface area contributed by atoms with Crippen LogP contribution in [0.4, 0.5) is 0 Å². The molecule has 0 radical (unpaired) electrons. The summed E-state index contributed by atoms with van der Waals surface area (Å²) in [5.41, 5.74) is 1.17. The van der Waals surface area contributed by atoms with E-state index < -0.39 is 0 Å². The molecule has 1 aliphatic heterocycles. The molecule has 0 aliphatic carbocycles. The molecule has 1 saturated heterocycles. The van der Waals surface area contributed by atoms with Crippen molar-refractivity contribution in [3.8, 4) is 0 Å². The van der Waals surface area contributed by atoms with Crippen molar-refractivity contribution >= 4 is 0 Å². The third-order valence-electron chi connectivity index (χ3n) is 3.05. The minimum Gasteiger partial charge on any atom is -0.315 e. The highest BCUT2D eigenvalue weighted by Crippen LogP contribution is 2.11. The van der Waals surface area contributed by atoms with E-state index in [4.69, 9.17) is 0 Å². The highest BCUT2D eigenvalue weighted by atomic mass is 15.2. The van der Waals surface area contributed by atoms with Crippen molar-refractivity contribution in [1.82, 2.24) is 15.2 Å². The zero-order chi connectivity index (χ0) is 10.5. The van der Waals surface area contributed by atoms with E-state index in [0.29, 0.717) is 6.04 Å². The van der Waals surface area contributed by atoms with Gasteiger partial charge in [0, 0.05) is 25.3 Å². The second-order valence-electron chi connectivity index (χ2n) is 4.03. The van der Waals surface area contributed by atoms with Crippen molar-refractivity contribution in [2.45, 2.75) is 25.9 Å². The molecule has 1 aromatic heterocycles. The highest BCUT2D eigenvalue weighted by molar-refractivity contribution is 5.03. The number of nitrogens with one attached hydrogen (secondary N) is 1. The smallest absolute Gasteiger partial charge is 0.0544 e. The van der Waals surface area contributed by atoms with E-state index in [0.717, 1.165) is 26.2 Å². The first-order valence-electron chi connectivity index (χ1n) is 5.75. The zero-order valence-electron chi connectivity index (χ0n) is 9.32. The first-order valence-corrected chi connectivity index (χ1v) is 5.75. The summed E-state index contributed by atoms with van der Waals surface area (Å²) in [5.74, 6) is 0. The van der Waals surface area contributed by atoms with Crippen molar-refractivity contribution in [3.05, 3.63) is 30.1 Å². The van der Waals surface area contributed by atoms with Gasteiger partial charge >= 0.3 is 0 Å². The lowest BCUT2D eigenvalue weighted by atomic mass is 10.2. The molecule has 3 nitrogen and oxygen atoms in total. The summed E-state index contributed by atoms with van der Waals surface area (Å²) in [6.07, 6.45) is 3.14. The van der Waals surface area contributed by atoms with E-state index in [2.05, 4.69) is 34.3 Å². The predicted octanol–water partition coefficient (Wildman–Crippen LogP) is 1.27. The number of likely N-dealkylation sites (N-methyl/N-ethyl adjacent to an activating group) is 1. The largest absolute Gasteiger partial charge is 0.315 e. The zero-order valence-corrected chi connectivity index (χ0v) is 9.32. The third kappa shape index (κ3) is 2.76.